The van der Waals surface area contributed by atoms with Crippen molar-refractivity contribution in [1.82, 2.24) is 5.32 Å². The Morgan fingerprint density at radius 2 is 1.61 bits per heavy atom. The van der Waals surface area contributed by atoms with Crippen molar-refractivity contribution in [1.29, 1.82) is 0 Å². The molecule has 0 fully saturated rings. The molecule has 0 aliphatic carbocycles. The Morgan fingerprint density at radius 3 is 2.36 bits per heavy atom. The van der Waals surface area contributed by atoms with Gasteiger partial charge in [0.25, 0.3) is 5.91 Å². The molecule has 0 bridgehead atoms. The minimum atomic E-state index is -0.816. The largest absolute Gasteiger partial charge is 0.450 e. The summed E-state index contributed by atoms with van der Waals surface area (Å²) in [5.41, 5.74) is 1.40. The van der Waals surface area contributed by atoms with Gasteiger partial charge in [0.1, 0.15) is 5.76 Å². The van der Waals surface area contributed by atoms with Crippen molar-refractivity contribution in [2.24, 2.45) is 0 Å². The van der Waals surface area contributed by atoms with Crippen LogP contribution < -0.4 is 5.32 Å². The van der Waals surface area contributed by atoms with Gasteiger partial charge in [-0.3, -0.25) is 14.9 Å². The monoisotopic (exact) mass is 397 g/mol. The molecule has 1 heterocycles. The maximum atomic E-state index is 12.0. The van der Waals surface area contributed by atoms with Crippen LogP contribution in [0.5, 0.6) is 0 Å². The highest BCUT2D eigenvalue weighted by Gasteiger charge is 2.17. The summed E-state index contributed by atoms with van der Waals surface area (Å²) in [5.74, 6) is -1.68. The normalized spacial score (nSPS) is 10.3. The van der Waals surface area contributed by atoms with Crippen molar-refractivity contribution in [3.05, 3.63) is 83.1 Å². The molecule has 1 aromatic heterocycles. The van der Waals surface area contributed by atoms with Crippen LogP contribution in [0.15, 0.2) is 71.1 Å². The van der Waals surface area contributed by atoms with Crippen molar-refractivity contribution in [2.45, 2.75) is 6.42 Å². The van der Waals surface area contributed by atoms with Crippen LogP contribution in [0, 0.1) is 0 Å². The van der Waals surface area contributed by atoms with E-state index in [2.05, 4.69) is 5.32 Å². The lowest BCUT2D eigenvalue weighted by atomic mass is 10.1. The van der Waals surface area contributed by atoms with E-state index < -0.39 is 24.4 Å². The first-order valence-corrected chi connectivity index (χ1v) is 8.79. The fourth-order valence-electron chi connectivity index (χ4n) is 2.47. The summed E-state index contributed by atoms with van der Waals surface area (Å²) < 4.78 is 10.3. The molecule has 0 atom stereocenters. The molecule has 0 saturated heterocycles. The van der Waals surface area contributed by atoms with Gasteiger partial charge in [0.15, 0.2) is 6.61 Å². The third-order valence-corrected chi connectivity index (χ3v) is 4.10. The molecule has 0 radical (unpaired) electrons. The van der Waals surface area contributed by atoms with Crippen LogP contribution in [0.25, 0.3) is 11.3 Å². The molecule has 0 unspecified atom stereocenters. The molecule has 142 valence electrons. The number of halogens is 1. The topological polar surface area (TPSA) is 85.6 Å². The average Bonchev–Trinajstić information content (AvgIpc) is 3.17. The van der Waals surface area contributed by atoms with Crippen molar-refractivity contribution in [3.63, 3.8) is 0 Å². The molecule has 0 saturated carbocycles. The van der Waals surface area contributed by atoms with Crippen LogP contribution in [-0.2, 0) is 20.7 Å². The van der Waals surface area contributed by atoms with Gasteiger partial charge in [0.05, 0.1) is 11.4 Å². The van der Waals surface area contributed by atoms with Crippen LogP contribution >= 0.6 is 11.6 Å². The molecule has 7 heteroatoms. The number of rotatable bonds is 6. The lowest BCUT2D eigenvalue weighted by Crippen LogP contribution is -2.35. The van der Waals surface area contributed by atoms with Gasteiger partial charge in [-0.05, 0) is 29.8 Å². The maximum absolute atomic E-state index is 12.0. The molecule has 0 aliphatic heterocycles. The van der Waals surface area contributed by atoms with Gasteiger partial charge in [-0.1, -0.05) is 54.1 Å². The highest BCUT2D eigenvalue weighted by Crippen LogP contribution is 2.29. The number of carbonyl (C=O) groups is 3. The van der Waals surface area contributed by atoms with E-state index >= 15 is 0 Å². The Bertz CT molecular complexity index is 997. The van der Waals surface area contributed by atoms with E-state index in [1.807, 2.05) is 6.07 Å². The number of nitrogens with one attached hydrogen (secondary N) is 1. The number of amides is 2. The molecule has 0 spiro atoms. The number of hydrogen-bond donors (Lipinski definition) is 1. The van der Waals surface area contributed by atoms with Gasteiger partial charge in [-0.15, -0.1) is 0 Å². The van der Waals surface area contributed by atoms with E-state index in [-0.39, 0.29) is 12.2 Å². The van der Waals surface area contributed by atoms with Crippen LogP contribution in [0.2, 0.25) is 5.02 Å². The zero-order chi connectivity index (χ0) is 19.9. The second kappa shape index (κ2) is 9.01. The first kappa shape index (κ1) is 19.4. The summed E-state index contributed by atoms with van der Waals surface area (Å²) in [6, 6.07) is 19.0. The summed E-state index contributed by atoms with van der Waals surface area (Å²) in [5, 5.41) is 2.65. The quantitative estimate of drug-likeness (QED) is 0.642. The number of imide groups is 1. The zero-order valence-corrected chi connectivity index (χ0v) is 15.4. The minimum Gasteiger partial charge on any atom is -0.450 e. The predicted molar refractivity (Wildman–Crippen MR) is 103 cm³/mol. The average molecular weight is 398 g/mol. The predicted octanol–water partition coefficient (Wildman–Crippen LogP) is 3.64. The van der Waals surface area contributed by atoms with E-state index in [4.69, 9.17) is 20.8 Å². The number of furan rings is 1. The van der Waals surface area contributed by atoms with E-state index in [0.717, 1.165) is 5.56 Å². The lowest BCUT2D eigenvalue weighted by Gasteiger charge is -2.05. The van der Waals surface area contributed by atoms with Gasteiger partial charge in [-0.2, -0.15) is 0 Å². The third kappa shape index (κ3) is 5.08. The number of ether oxygens (including phenoxy) is 1. The first-order valence-electron chi connectivity index (χ1n) is 8.41. The molecular formula is C21H16ClNO5. The lowest BCUT2D eigenvalue weighted by molar-refractivity contribution is -0.132. The fourth-order valence-corrected chi connectivity index (χ4v) is 2.70. The number of esters is 1. The number of carbonyl (C=O) groups excluding carboxylic acids is 3. The van der Waals surface area contributed by atoms with Gasteiger partial charge in [0, 0.05) is 5.56 Å². The highest BCUT2D eigenvalue weighted by atomic mass is 35.5. The van der Waals surface area contributed by atoms with Crippen molar-refractivity contribution < 1.29 is 23.5 Å². The summed E-state index contributed by atoms with van der Waals surface area (Å²) in [6.07, 6.45) is 0.0555. The molecule has 3 aromatic rings. The SMILES string of the molecule is O=C(COC(=O)c1ccc(-c2ccccc2Cl)o1)NC(=O)Cc1ccccc1. The van der Waals surface area contributed by atoms with Gasteiger partial charge >= 0.3 is 5.97 Å². The van der Waals surface area contributed by atoms with Crippen LogP contribution in [-0.4, -0.2) is 24.4 Å². The molecule has 28 heavy (non-hydrogen) atoms. The smallest absolute Gasteiger partial charge is 0.374 e. The Hall–Kier alpha value is -3.38. The zero-order valence-electron chi connectivity index (χ0n) is 14.7. The van der Waals surface area contributed by atoms with Crippen LogP contribution in [0.4, 0.5) is 0 Å². The van der Waals surface area contributed by atoms with Gasteiger partial charge in [0.2, 0.25) is 11.7 Å². The molecule has 0 aliphatic rings. The number of hydrogen-bond acceptors (Lipinski definition) is 5. The third-order valence-electron chi connectivity index (χ3n) is 3.77. The van der Waals surface area contributed by atoms with Gasteiger partial charge in [-0.25, -0.2) is 4.79 Å². The number of benzene rings is 2. The molecule has 1 N–H and O–H groups in total. The summed E-state index contributed by atoms with van der Waals surface area (Å²) >= 11 is 6.10. The van der Waals surface area contributed by atoms with E-state index in [1.54, 1.807) is 54.6 Å². The van der Waals surface area contributed by atoms with Crippen molar-refractivity contribution >= 4 is 29.4 Å². The van der Waals surface area contributed by atoms with Crippen LogP contribution in [0.1, 0.15) is 16.1 Å². The Labute approximate surface area is 166 Å². The fraction of sp³-hybridized carbons (Fsp3) is 0.0952. The molecular weight excluding hydrogens is 382 g/mol. The Kier molecular flexibility index (Phi) is 6.24. The summed E-state index contributed by atoms with van der Waals surface area (Å²) in [6.45, 7) is -0.596. The second-order valence-corrected chi connectivity index (χ2v) is 6.26. The van der Waals surface area contributed by atoms with Gasteiger partial charge < -0.3 is 9.15 Å². The van der Waals surface area contributed by atoms with Crippen LogP contribution in [0.3, 0.4) is 0 Å². The summed E-state index contributed by atoms with van der Waals surface area (Å²) in [7, 11) is 0. The standard InChI is InChI=1S/C21H16ClNO5/c22-16-9-5-4-8-15(16)17-10-11-18(28-17)21(26)27-13-20(25)23-19(24)12-14-6-2-1-3-7-14/h1-11H,12-13H2,(H,23,24,25). The minimum absolute atomic E-state index is 0.0555. The molecule has 3 rings (SSSR count). The molecule has 2 amide bonds. The molecule has 2 aromatic carbocycles. The van der Waals surface area contributed by atoms with E-state index in [1.165, 1.54) is 6.07 Å². The Balaban J connectivity index is 1.51. The maximum Gasteiger partial charge on any atom is 0.374 e. The highest BCUT2D eigenvalue weighted by molar-refractivity contribution is 6.33. The van der Waals surface area contributed by atoms with Crippen molar-refractivity contribution in [3.8, 4) is 11.3 Å². The Morgan fingerprint density at radius 1 is 0.893 bits per heavy atom. The summed E-state index contributed by atoms with van der Waals surface area (Å²) in [4.78, 5) is 35.7. The van der Waals surface area contributed by atoms with E-state index in [9.17, 15) is 14.4 Å². The first-order chi connectivity index (χ1) is 13.5. The van der Waals surface area contributed by atoms with E-state index in [0.29, 0.717) is 16.3 Å². The van der Waals surface area contributed by atoms with Crippen molar-refractivity contribution in [2.75, 3.05) is 6.61 Å². The molecule has 6 nitrogen and oxygen atoms in total. The second-order valence-electron chi connectivity index (χ2n) is 5.85.